The lowest BCUT2D eigenvalue weighted by Crippen LogP contribution is -2.49. The molecule has 2 unspecified atom stereocenters. The lowest BCUT2D eigenvalue weighted by molar-refractivity contribution is -0.138. The number of piperidine rings is 1. The van der Waals surface area contributed by atoms with E-state index >= 15 is 0 Å². The summed E-state index contributed by atoms with van der Waals surface area (Å²) in [5.74, 6) is 1.20. The minimum absolute atomic E-state index is 0.0123. The number of ether oxygens (including phenoxy) is 1. The molecule has 2 amide bonds. The number of carbonyl (C=O) groups is 2. The molecule has 0 N–H and O–H groups in total. The average Bonchev–Trinajstić information content (AvgIpc) is 2.98. The second-order valence-electron chi connectivity index (χ2n) is 7.36. The molecule has 0 aromatic heterocycles. The normalized spacial score (nSPS) is 22.3. The first-order valence-electron chi connectivity index (χ1n) is 9.27. The molecule has 5 nitrogen and oxygen atoms in total. The van der Waals surface area contributed by atoms with Crippen molar-refractivity contribution in [1.29, 1.82) is 0 Å². The molecule has 3 fully saturated rings. The molecule has 3 saturated heterocycles. The highest BCUT2D eigenvalue weighted by Crippen LogP contribution is 2.28. The van der Waals surface area contributed by atoms with Gasteiger partial charge >= 0.3 is 0 Å². The minimum Gasteiger partial charge on any atom is -0.484 e. The number of hydrogen-bond acceptors (Lipinski definition) is 3. The van der Waals surface area contributed by atoms with E-state index in [1.165, 1.54) is 0 Å². The molecule has 3 aliphatic heterocycles. The van der Waals surface area contributed by atoms with Gasteiger partial charge in [-0.2, -0.15) is 0 Å². The van der Waals surface area contributed by atoms with Crippen molar-refractivity contribution in [2.24, 2.45) is 5.92 Å². The molecule has 2 bridgehead atoms. The van der Waals surface area contributed by atoms with Crippen LogP contribution in [0.1, 0.15) is 19.8 Å². The van der Waals surface area contributed by atoms with Gasteiger partial charge in [0, 0.05) is 32.6 Å². The molecule has 0 radical (unpaired) electrons. The zero-order valence-electron chi connectivity index (χ0n) is 15.1. The quantitative estimate of drug-likeness (QED) is 0.853. The van der Waals surface area contributed by atoms with Gasteiger partial charge in [0.15, 0.2) is 6.61 Å². The van der Waals surface area contributed by atoms with E-state index in [1.54, 1.807) is 6.92 Å². The summed E-state index contributed by atoms with van der Waals surface area (Å²) < 4.78 is 5.78. The van der Waals surface area contributed by atoms with Gasteiger partial charge in [0.1, 0.15) is 5.75 Å². The highest BCUT2D eigenvalue weighted by atomic mass is 16.5. The Kier molecular flexibility index (Phi) is 4.53. The zero-order chi connectivity index (χ0) is 18.1. The van der Waals surface area contributed by atoms with Crippen LogP contribution in [0.15, 0.2) is 42.5 Å². The van der Waals surface area contributed by atoms with E-state index in [2.05, 4.69) is 6.07 Å². The number of hydrogen-bond donors (Lipinski definition) is 0. The van der Waals surface area contributed by atoms with Crippen LogP contribution in [-0.4, -0.2) is 53.9 Å². The van der Waals surface area contributed by atoms with E-state index in [0.717, 1.165) is 36.7 Å². The van der Waals surface area contributed by atoms with Crippen molar-refractivity contribution >= 4 is 22.6 Å². The number of nitrogens with zero attached hydrogens (tertiary/aromatic N) is 2. The summed E-state index contributed by atoms with van der Waals surface area (Å²) in [7, 11) is 0. The maximum Gasteiger partial charge on any atom is 0.260 e. The topological polar surface area (TPSA) is 49.9 Å². The van der Waals surface area contributed by atoms with Gasteiger partial charge in [0.25, 0.3) is 5.91 Å². The Hall–Kier alpha value is -2.56. The van der Waals surface area contributed by atoms with Gasteiger partial charge in [-0.3, -0.25) is 9.59 Å². The van der Waals surface area contributed by atoms with E-state index in [-0.39, 0.29) is 24.5 Å². The molecule has 5 heteroatoms. The Bertz CT molecular complexity index is 835. The van der Waals surface area contributed by atoms with Crippen LogP contribution in [0.2, 0.25) is 0 Å². The van der Waals surface area contributed by atoms with Crippen molar-refractivity contribution in [1.82, 2.24) is 9.80 Å². The van der Waals surface area contributed by atoms with Gasteiger partial charge < -0.3 is 14.5 Å². The SMILES string of the molecule is CC(=O)N1CC2CCC(C1)N(C(=O)COc1ccc3ccccc3c1)C2. The summed E-state index contributed by atoms with van der Waals surface area (Å²) in [6.45, 7) is 3.80. The largest absolute Gasteiger partial charge is 0.484 e. The molecule has 2 aromatic rings. The highest BCUT2D eigenvalue weighted by Gasteiger charge is 2.37. The van der Waals surface area contributed by atoms with Crippen LogP contribution in [0, 0.1) is 5.92 Å². The molecule has 0 aliphatic carbocycles. The van der Waals surface area contributed by atoms with Gasteiger partial charge in [-0.1, -0.05) is 30.3 Å². The maximum absolute atomic E-state index is 12.8. The third-order valence-corrected chi connectivity index (χ3v) is 5.56. The van der Waals surface area contributed by atoms with E-state index in [4.69, 9.17) is 4.74 Å². The molecular formula is C21H24N2O3. The van der Waals surface area contributed by atoms with Crippen LogP contribution in [0.3, 0.4) is 0 Å². The van der Waals surface area contributed by atoms with Crippen LogP contribution >= 0.6 is 0 Å². The smallest absolute Gasteiger partial charge is 0.260 e. The first-order valence-corrected chi connectivity index (χ1v) is 9.27. The Morgan fingerprint density at radius 3 is 2.65 bits per heavy atom. The maximum atomic E-state index is 12.8. The number of rotatable bonds is 3. The van der Waals surface area contributed by atoms with Crippen molar-refractivity contribution in [3.8, 4) is 5.75 Å². The molecule has 136 valence electrons. The van der Waals surface area contributed by atoms with Crippen LogP contribution < -0.4 is 4.74 Å². The zero-order valence-corrected chi connectivity index (χ0v) is 15.1. The first-order chi connectivity index (χ1) is 12.6. The fourth-order valence-corrected chi connectivity index (χ4v) is 4.13. The lowest BCUT2D eigenvalue weighted by Gasteiger charge is -2.35. The van der Waals surface area contributed by atoms with Gasteiger partial charge in [-0.25, -0.2) is 0 Å². The summed E-state index contributed by atoms with van der Waals surface area (Å²) in [5.41, 5.74) is 0. The van der Waals surface area contributed by atoms with Crippen molar-refractivity contribution in [3.05, 3.63) is 42.5 Å². The van der Waals surface area contributed by atoms with Crippen LogP contribution in [-0.2, 0) is 9.59 Å². The van der Waals surface area contributed by atoms with Crippen molar-refractivity contribution in [2.75, 3.05) is 26.2 Å². The first kappa shape index (κ1) is 16.9. The number of benzene rings is 2. The molecular weight excluding hydrogens is 328 g/mol. The predicted molar refractivity (Wildman–Crippen MR) is 99.9 cm³/mol. The van der Waals surface area contributed by atoms with Crippen LogP contribution in [0.5, 0.6) is 5.75 Å². The summed E-state index contributed by atoms with van der Waals surface area (Å²) in [6.07, 6.45) is 2.06. The van der Waals surface area contributed by atoms with Gasteiger partial charge in [-0.15, -0.1) is 0 Å². The summed E-state index contributed by atoms with van der Waals surface area (Å²) in [5, 5.41) is 2.25. The second kappa shape index (κ2) is 6.98. The molecule has 26 heavy (non-hydrogen) atoms. The average molecular weight is 352 g/mol. The van der Waals surface area contributed by atoms with Crippen LogP contribution in [0.25, 0.3) is 10.8 Å². The monoisotopic (exact) mass is 352 g/mol. The standard InChI is InChI=1S/C21H24N2O3/c1-15(24)22-11-16-6-8-19(13-22)23(12-16)21(25)14-26-20-9-7-17-4-2-3-5-18(17)10-20/h2-5,7,9-10,16,19H,6,8,11-14H2,1H3. The molecule has 2 atom stereocenters. The summed E-state index contributed by atoms with van der Waals surface area (Å²) in [6, 6.07) is 14.1. The number of fused-ring (bicyclic) bond motifs is 5. The Labute approximate surface area is 153 Å². The third-order valence-electron chi connectivity index (χ3n) is 5.56. The van der Waals surface area contributed by atoms with Crippen molar-refractivity contribution in [3.63, 3.8) is 0 Å². The molecule has 0 spiro atoms. The Morgan fingerprint density at radius 2 is 1.85 bits per heavy atom. The third kappa shape index (κ3) is 3.39. The van der Waals surface area contributed by atoms with Crippen LogP contribution in [0.4, 0.5) is 0 Å². The lowest BCUT2D eigenvalue weighted by atomic mass is 9.95. The predicted octanol–water partition coefficient (Wildman–Crippen LogP) is 2.69. The Balaban J connectivity index is 1.42. The molecule has 3 aliphatic rings. The Morgan fingerprint density at radius 1 is 1.04 bits per heavy atom. The fourth-order valence-electron chi connectivity index (χ4n) is 4.13. The van der Waals surface area contributed by atoms with Crippen molar-refractivity contribution in [2.45, 2.75) is 25.8 Å². The van der Waals surface area contributed by atoms with E-state index in [9.17, 15) is 9.59 Å². The van der Waals surface area contributed by atoms with Crippen molar-refractivity contribution < 1.29 is 14.3 Å². The summed E-state index contributed by atoms with van der Waals surface area (Å²) in [4.78, 5) is 28.3. The second-order valence-corrected chi connectivity index (χ2v) is 7.36. The molecule has 2 aromatic carbocycles. The highest BCUT2D eigenvalue weighted by molar-refractivity contribution is 5.84. The number of amides is 2. The molecule has 0 saturated carbocycles. The van der Waals surface area contributed by atoms with Gasteiger partial charge in [-0.05, 0) is 41.7 Å². The molecule has 3 heterocycles. The van der Waals surface area contributed by atoms with E-state index in [1.807, 2.05) is 46.2 Å². The van der Waals surface area contributed by atoms with E-state index in [0.29, 0.717) is 18.2 Å². The molecule has 5 rings (SSSR count). The fraction of sp³-hybridized carbons (Fsp3) is 0.429. The van der Waals surface area contributed by atoms with Gasteiger partial charge in [0.2, 0.25) is 5.91 Å². The minimum atomic E-state index is 0.0123. The number of carbonyl (C=O) groups excluding carboxylic acids is 2. The summed E-state index contributed by atoms with van der Waals surface area (Å²) >= 11 is 0. The van der Waals surface area contributed by atoms with Gasteiger partial charge in [0.05, 0.1) is 0 Å². The van der Waals surface area contributed by atoms with E-state index < -0.39 is 0 Å².